The monoisotopic (exact) mass is 533 g/mol. The normalized spacial score (nSPS) is 19.5. The molecule has 2 aromatic heterocycles. The minimum absolute atomic E-state index is 0.0570. The van der Waals surface area contributed by atoms with E-state index in [2.05, 4.69) is 20.6 Å². The Morgan fingerprint density at radius 2 is 2.12 bits per heavy atom. The van der Waals surface area contributed by atoms with Crippen LogP contribution < -0.4 is 10.6 Å². The van der Waals surface area contributed by atoms with Crippen molar-refractivity contribution >= 4 is 85.7 Å². The van der Waals surface area contributed by atoms with Gasteiger partial charge in [-0.15, -0.1) is 34.4 Å². The number of para-hydroxylation sites is 1. The van der Waals surface area contributed by atoms with Gasteiger partial charge in [-0.05, 0) is 12.1 Å². The highest BCUT2D eigenvalue weighted by atomic mass is 32.2. The van der Waals surface area contributed by atoms with Gasteiger partial charge in [-0.2, -0.15) is 0 Å². The average Bonchev–Trinajstić information content (AvgIpc) is 3.43. The number of rotatable bonds is 8. The van der Waals surface area contributed by atoms with Crippen molar-refractivity contribution < 1.29 is 24.3 Å². The summed E-state index contributed by atoms with van der Waals surface area (Å²) in [4.78, 5) is 58.3. The number of thioether (sulfide) groups is 2. The lowest BCUT2D eigenvalue weighted by atomic mass is 10.0. The number of carbonyl (C=O) groups is 4. The Kier molecular flexibility index (Phi) is 6.29. The lowest BCUT2D eigenvalue weighted by Crippen LogP contribution is -2.70. The Hall–Kier alpha value is -2.94. The van der Waals surface area contributed by atoms with Crippen LogP contribution in [-0.2, 0) is 25.6 Å². The van der Waals surface area contributed by atoms with Crippen LogP contribution >= 0.6 is 46.2 Å². The number of amides is 3. The zero-order valence-corrected chi connectivity index (χ0v) is 20.4. The predicted molar refractivity (Wildman–Crippen MR) is 131 cm³/mol. The zero-order chi connectivity index (χ0) is 23.8. The van der Waals surface area contributed by atoms with Gasteiger partial charge in [-0.1, -0.05) is 23.9 Å². The molecule has 2 aliphatic rings. The lowest BCUT2D eigenvalue weighted by molar-refractivity contribution is -0.150. The number of benzene rings is 1. The van der Waals surface area contributed by atoms with Crippen LogP contribution in [0.25, 0.3) is 10.2 Å². The third-order valence-corrected chi connectivity index (χ3v) is 9.48. The molecule has 3 amide bonds. The largest absolute Gasteiger partial charge is 0.477 e. The van der Waals surface area contributed by atoms with E-state index in [4.69, 9.17) is 0 Å². The number of β-lactam (4-membered cyclic amide) rings is 1. The molecule has 0 radical (unpaired) electrons. The summed E-state index contributed by atoms with van der Waals surface area (Å²) in [5.74, 6) is -1.68. The van der Waals surface area contributed by atoms with Crippen LogP contribution in [0.2, 0.25) is 0 Å². The molecule has 14 heteroatoms. The molecule has 10 nitrogen and oxygen atoms in total. The van der Waals surface area contributed by atoms with Gasteiger partial charge in [0.2, 0.25) is 12.3 Å². The average molecular weight is 534 g/mol. The number of aromatic nitrogens is 2. The number of aliphatic carboxylic acids is 1. The number of thiazole rings is 2. The molecule has 3 aromatic rings. The highest BCUT2D eigenvalue weighted by molar-refractivity contribution is 8.07. The molecule has 2 atom stereocenters. The van der Waals surface area contributed by atoms with E-state index in [0.29, 0.717) is 32.2 Å². The Labute approximate surface area is 208 Å². The maximum atomic E-state index is 12.8. The van der Waals surface area contributed by atoms with Crippen molar-refractivity contribution in [2.24, 2.45) is 0 Å². The van der Waals surface area contributed by atoms with E-state index < -0.39 is 29.2 Å². The highest BCUT2D eigenvalue weighted by Crippen LogP contribution is 2.46. The first kappa shape index (κ1) is 22.8. The first-order chi connectivity index (χ1) is 16.4. The van der Waals surface area contributed by atoms with Crippen molar-refractivity contribution in [3.05, 3.63) is 45.9 Å². The van der Waals surface area contributed by atoms with Crippen molar-refractivity contribution in [1.82, 2.24) is 20.2 Å². The molecule has 0 bridgehead atoms. The van der Waals surface area contributed by atoms with Gasteiger partial charge in [-0.25, -0.2) is 14.8 Å². The van der Waals surface area contributed by atoms with E-state index in [-0.39, 0.29) is 12.1 Å². The molecule has 2 aliphatic heterocycles. The summed E-state index contributed by atoms with van der Waals surface area (Å²) in [7, 11) is 0. The van der Waals surface area contributed by atoms with E-state index in [9.17, 15) is 24.3 Å². The first-order valence-electron chi connectivity index (χ1n) is 9.83. The Bertz CT molecular complexity index is 1320. The van der Waals surface area contributed by atoms with Gasteiger partial charge in [0.25, 0.3) is 5.91 Å². The van der Waals surface area contributed by atoms with E-state index >= 15 is 0 Å². The number of carbonyl (C=O) groups excluding carboxylic acids is 3. The number of anilines is 1. The molecule has 0 saturated carbocycles. The van der Waals surface area contributed by atoms with Crippen molar-refractivity contribution in [2.45, 2.75) is 22.2 Å². The smallest absolute Gasteiger partial charge is 0.353 e. The Balaban J connectivity index is 1.29. The number of nitrogens with one attached hydrogen (secondary N) is 2. The summed E-state index contributed by atoms with van der Waals surface area (Å²) >= 11 is 5.31. The minimum atomic E-state index is -1.19. The van der Waals surface area contributed by atoms with Crippen molar-refractivity contribution in [3.8, 4) is 0 Å². The summed E-state index contributed by atoms with van der Waals surface area (Å²) < 4.78 is 1.71. The van der Waals surface area contributed by atoms with Gasteiger partial charge in [0.05, 0.1) is 22.3 Å². The fourth-order valence-corrected chi connectivity index (χ4v) is 7.94. The number of carboxylic acids is 1. The van der Waals surface area contributed by atoms with Crippen LogP contribution in [0.1, 0.15) is 5.69 Å². The maximum absolute atomic E-state index is 12.8. The molecule has 0 spiro atoms. The molecule has 174 valence electrons. The van der Waals surface area contributed by atoms with Gasteiger partial charge in [-0.3, -0.25) is 19.3 Å². The lowest BCUT2D eigenvalue weighted by Gasteiger charge is -2.49. The fraction of sp³-hybridized carbons (Fsp3) is 0.200. The van der Waals surface area contributed by atoms with Gasteiger partial charge < -0.3 is 15.7 Å². The quantitative estimate of drug-likeness (QED) is 0.294. The second-order valence-corrected chi connectivity index (χ2v) is 11.5. The number of fused-ring (bicyclic) bond motifs is 2. The molecular formula is C20H15N5O5S4. The molecular weight excluding hydrogens is 519 g/mol. The maximum Gasteiger partial charge on any atom is 0.353 e. The molecule has 4 heterocycles. The Morgan fingerprint density at radius 1 is 1.29 bits per heavy atom. The van der Waals surface area contributed by atoms with E-state index in [0.717, 1.165) is 10.2 Å². The molecule has 0 aliphatic carbocycles. The van der Waals surface area contributed by atoms with Gasteiger partial charge in [0, 0.05) is 16.0 Å². The van der Waals surface area contributed by atoms with Gasteiger partial charge >= 0.3 is 5.97 Å². The second kappa shape index (κ2) is 9.37. The summed E-state index contributed by atoms with van der Waals surface area (Å²) in [6, 6.07) is 6.84. The van der Waals surface area contributed by atoms with Gasteiger partial charge in [0.15, 0.2) is 9.47 Å². The van der Waals surface area contributed by atoms with Crippen LogP contribution in [0, 0.1) is 0 Å². The fourth-order valence-electron chi connectivity index (χ4n) is 3.56. The van der Waals surface area contributed by atoms with E-state index in [1.807, 2.05) is 24.3 Å². The topological polar surface area (TPSA) is 142 Å². The first-order valence-corrected chi connectivity index (χ1v) is 13.4. The standard InChI is InChI=1S/C20H15N5O5S4/c26-8-21-19-22-9(6-32-19)5-13(27)24-14-16(28)25-15(18(29)30)12(7-31-17(14)25)34-20-23-10-3-1-2-4-11(10)33-20/h1-4,6,8,14,17H,5,7H2,(H,24,27)(H,29,30)(H,21,22,26)/t14-,17+/m1/s1. The second-order valence-electron chi connectivity index (χ2n) is 7.16. The third kappa shape index (κ3) is 4.29. The number of hydrogen-bond acceptors (Lipinski definition) is 10. The molecule has 5 rings (SSSR count). The van der Waals surface area contributed by atoms with Crippen LogP contribution in [0.4, 0.5) is 5.13 Å². The van der Waals surface area contributed by atoms with Crippen molar-refractivity contribution in [2.75, 3.05) is 11.1 Å². The number of hydrogen-bond donors (Lipinski definition) is 3. The predicted octanol–water partition coefficient (Wildman–Crippen LogP) is 2.35. The summed E-state index contributed by atoms with van der Waals surface area (Å²) in [6.45, 7) is 0. The Morgan fingerprint density at radius 3 is 2.88 bits per heavy atom. The van der Waals surface area contributed by atoms with Crippen LogP contribution in [0.3, 0.4) is 0 Å². The van der Waals surface area contributed by atoms with Crippen LogP contribution in [0.5, 0.6) is 0 Å². The summed E-state index contributed by atoms with van der Waals surface area (Å²) in [5.41, 5.74) is 1.24. The third-order valence-electron chi connectivity index (χ3n) is 5.01. The minimum Gasteiger partial charge on any atom is -0.477 e. The molecule has 34 heavy (non-hydrogen) atoms. The van der Waals surface area contributed by atoms with Gasteiger partial charge in [0.1, 0.15) is 17.1 Å². The van der Waals surface area contributed by atoms with Crippen LogP contribution in [0.15, 0.2) is 44.6 Å². The van der Waals surface area contributed by atoms with Crippen LogP contribution in [-0.4, -0.2) is 61.3 Å². The van der Waals surface area contributed by atoms with Crippen molar-refractivity contribution in [3.63, 3.8) is 0 Å². The summed E-state index contributed by atoms with van der Waals surface area (Å²) in [6.07, 6.45) is 0.445. The van der Waals surface area contributed by atoms with E-state index in [1.165, 1.54) is 51.1 Å². The highest BCUT2D eigenvalue weighted by Gasteiger charge is 2.54. The molecule has 0 unspecified atom stereocenters. The molecule has 3 N–H and O–H groups in total. The molecule has 1 fully saturated rings. The summed E-state index contributed by atoms with van der Waals surface area (Å²) in [5, 5.41) is 16.5. The molecule has 1 aromatic carbocycles. The number of carboxylic acid groups (broad SMARTS) is 1. The van der Waals surface area contributed by atoms with Crippen molar-refractivity contribution in [1.29, 1.82) is 0 Å². The SMILES string of the molecule is O=CNc1nc(CC(=O)N[C@@H]2C(=O)N3C(C(=O)O)=C(Sc4nc5ccccc5s4)CS[C@@H]23)cs1. The zero-order valence-electron chi connectivity index (χ0n) is 17.1. The van der Waals surface area contributed by atoms with E-state index in [1.54, 1.807) is 5.38 Å². The number of nitrogens with zero attached hydrogens (tertiary/aromatic N) is 3. The molecule has 1 saturated heterocycles.